The number of rotatable bonds is 7. The number of methoxy groups -OCH3 is 1. The topological polar surface area (TPSA) is 39.1 Å². The number of nitrogens with zero attached hydrogens (tertiary/aromatic N) is 2. The summed E-state index contributed by atoms with van der Waals surface area (Å²) in [7, 11) is 1.69. The lowest BCUT2D eigenvalue weighted by Gasteiger charge is -2.21. The van der Waals surface area contributed by atoms with Crippen LogP contribution in [0.5, 0.6) is 5.75 Å². The number of aromatic nitrogens is 2. The number of hydrogen-bond donors (Lipinski definition) is 1. The predicted molar refractivity (Wildman–Crippen MR) is 88.7 cm³/mol. The molecule has 0 spiro atoms. The first-order valence-electron chi connectivity index (χ1n) is 7.29. The molecule has 5 heteroatoms. The van der Waals surface area contributed by atoms with E-state index in [1.807, 2.05) is 23.0 Å². The van der Waals surface area contributed by atoms with Crippen molar-refractivity contribution in [2.75, 3.05) is 13.7 Å². The van der Waals surface area contributed by atoms with Gasteiger partial charge in [-0.25, -0.2) is 0 Å². The molecule has 1 atom stereocenters. The molecule has 0 aliphatic rings. The van der Waals surface area contributed by atoms with Crippen LogP contribution in [0.25, 0.3) is 0 Å². The van der Waals surface area contributed by atoms with Crippen molar-refractivity contribution in [1.82, 2.24) is 15.1 Å². The lowest BCUT2D eigenvalue weighted by molar-refractivity contribution is 0.413. The third-order valence-corrected chi connectivity index (χ3v) is 4.04. The molecule has 1 heterocycles. The molecule has 1 aromatic carbocycles. The second-order valence-electron chi connectivity index (χ2n) is 4.86. The smallest absolute Gasteiger partial charge is 0.119 e. The van der Waals surface area contributed by atoms with Gasteiger partial charge in [0, 0.05) is 6.54 Å². The number of benzene rings is 1. The SMILES string of the molecule is CCCNC(c1cccc(OC)c1)c1c(Br)cnn1CC. The Morgan fingerprint density at radius 3 is 2.86 bits per heavy atom. The van der Waals surface area contributed by atoms with Crippen LogP contribution in [-0.4, -0.2) is 23.4 Å². The van der Waals surface area contributed by atoms with Gasteiger partial charge < -0.3 is 10.1 Å². The zero-order chi connectivity index (χ0) is 15.2. The van der Waals surface area contributed by atoms with Crippen LogP contribution in [-0.2, 0) is 6.54 Å². The van der Waals surface area contributed by atoms with E-state index in [0.717, 1.165) is 35.4 Å². The maximum Gasteiger partial charge on any atom is 0.119 e. The number of hydrogen-bond acceptors (Lipinski definition) is 3. The number of aryl methyl sites for hydroxylation is 1. The molecule has 0 bridgehead atoms. The lowest BCUT2D eigenvalue weighted by atomic mass is 10.0. The van der Waals surface area contributed by atoms with Crippen molar-refractivity contribution in [3.8, 4) is 5.75 Å². The largest absolute Gasteiger partial charge is 0.497 e. The highest BCUT2D eigenvalue weighted by Crippen LogP contribution is 2.30. The van der Waals surface area contributed by atoms with Crippen molar-refractivity contribution in [1.29, 1.82) is 0 Å². The zero-order valence-electron chi connectivity index (χ0n) is 12.8. The molecule has 2 aromatic rings. The molecule has 4 nitrogen and oxygen atoms in total. The minimum Gasteiger partial charge on any atom is -0.497 e. The number of ether oxygens (including phenoxy) is 1. The third-order valence-electron chi connectivity index (χ3n) is 3.43. The van der Waals surface area contributed by atoms with E-state index in [-0.39, 0.29) is 6.04 Å². The van der Waals surface area contributed by atoms with Gasteiger partial charge in [-0.05, 0) is 53.5 Å². The van der Waals surface area contributed by atoms with E-state index in [4.69, 9.17) is 4.74 Å². The average molecular weight is 352 g/mol. The standard InChI is InChI=1S/C16H22BrN3O/c1-4-9-18-15(12-7-6-8-13(10-12)21-3)16-14(17)11-19-20(16)5-2/h6-8,10-11,15,18H,4-5,9H2,1-3H3. The van der Waals surface area contributed by atoms with Crippen LogP contribution in [0.3, 0.4) is 0 Å². The first kappa shape index (κ1) is 16.0. The fraction of sp³-hybridized carbons (Fsp3) is 0.438. The highest BCUT2D eigenvalue weighted by molar-refractivity contribution is 9.10. The van der Waals surface area contributed by atoms with Crippen LogP contribution in [0, 0.1) is 0 Å². The van der Waals surface area contributed by atoms with Gasteiger partial charge in [-0.15, -0.1) is 0 Å². The van der Waals surface area contributed by atoms with Crippen molar-refractivity contribution in [2.45, 2.75) is 32.9 Å². The molecule has 0 saturated heterocycles. The molecule has 0 aliphatic heterocycles. The van der Waals surface area contributed by atoms with Gasteiger partial charge in [-0.2, -0.15) is 5.10 Å². The third kappa shape index (κ3) is 3.66. The number of nitrogens with one attached hydrogen (secondary N) is 1. The number of halogens is 1. The van der Waals surface area contributed by atoms with Gasteiger partial charge in [0.1, 0.15) is 5.75 Å². The summed E-state index contributed by atoms with van der Waals surface area (Å²) in [5.74, 6) is 0.870. The Morgan fingerprint density at radius 2 is 2.19 bits per heavy atom. The van der Waals surface area contributed by atoms with E-state index < -0.39 is 0 Å². The monoisotopic (exact) mass is 351 g/mol. The molecule has 0 amide bonds. The van der Waals surface area contributed by atoms with Crippen LogP contribution in [0.4, 0.5) is 0 Å². The normalized spacial score (nSPS) is 12.4. The van der Waals surface area contributed by atoms with Crippen molar-refractivity contribution in [3.63, 3.8) is 0 Å². The lowest BCUT2D eigenvalue weighted by Crippen LogP contribution is -2.26. The average Bonchev–Trinajstić information content (AvgIpc) is 2.89. The predicted octanol–water partition coefficient (Wildman–Crippen LogP) is 3.76. The van der Waals surface area contributed by atoms with Crippen molar-refractivity contribution in [3.05, 3.63) is 46.2 Å². The summed E-state index contributed by atoms with van der Waals surface area (Å²) in [6.45, 7) is 6.06. The van der Waals surface area contributed by atoms with Crippen LogP contribution >= 0.6 is 15.9 Å². The second-order valence-corrected chi connectivity index (χ2v) is 5.71. The molecule has 0 aliphatic carbocycles. The van der Waals surface area contributed by atoms with Gasteiger partial charge in [0.15, 0.2) is 0 Å². The Morgan fingerprint density at radius 1 is 1.38 bits per heavy atom. The Bertz CT molecular complexity index is 583. The summed E-state index contributed by atoms with van der Waals surface area (Å²) < 4.78 is 8.40. The molecular formula is C16H22BrN3O. The van der Waals surface area contributed by atoms with Gasteiger partial charge >= 0.3 is 0 Å². The molecule has 0 saturated carbocycles. The molecule has 1 aromatic heterocycles. The molecule has 21 heavy (non-hydrogen) atoms. The molecular weight excluding hydrogens is 330 g/mol. The zero-order valence-corrected chi connectivity index (χ0v) is 14.4. The highest BCUT2D eigenvalue weighted by atomic mass is 79.9. The van der Waals surface area contributed by atoms with E-state index >= 15 is 0 Å². The summed E-state index contributed by atoms with van der Waals surface area (Å²) in [5, 5.41) is 8.04. The maximum atomic E-state index is 5.35. The summed E-state index contributed by atoms with van der Waals surface area (Å²) in [6.07, 6.45) is 2.94. The minimum atomic E-state index is 0.0943. The molecule has 2 rings (SSSR count). The van der Waals surface area contributed by atoms with Crippen molar-refractivity contribution < 1.29 is 4.74 Å². The van der Waals surface area contributed by atoms with E-state index in [2.05, 4.69) is 52.3 Å². The van der Waals surface area contributed by atoms with Gasteiger partial charge in [0.05, 0.1) is 29.5 Å². The molecule has 0 radical (unpaired) electrons. The summed E-state index contributed by atoms with van der Waals surface area (Å²) in [5.41, 5.74) is 2.33. The van der Waals surface area contributed by atoms with E-state index in [9.17, 15) is 0 Å². The molecule has 114 valence electrons. The molecule has 1 unspecified atom stereocenters. The first-order chi connectivity index (χ1) is 10.2. The van der Waals surface area contributed by atoms with Crippen LogP contribution in [0.1, 0.15) is 37.6 Å². The fourth-order valence-electron chi connectivity index (χ4n) is 2.39. The van der Waals surface area contributed by atoms with E-state index in [0.29, 0.717) is 0 Å². The van der Waals surface area contributed by atoms with E-state index in [1.54, 1.807) is 7.11 Å². The van der Waals surface area contributed by atoms with E-state index in [1.165, 1.54) is 5.56 Å². The Hall–Kier alpha value is -1.33. The van der Waals surface area contributed by atoms with Crippen LogP contribution < -0.4 is 10.1 Å². The van der Waals surface area contributed by atoms with Gasteiger partial charge in [-0.3, -0.25) is 4.68 Å². The fourth-order valence-corrected chi connectivity index (χ4v) is 2.92. The highest BCUT2D eigenvalue weighted by Gasteiger charge is 2.21. The van der Waals surface area contributed by atoms with Gasteiger partial charge in [-0.1, -0.05) is 19.1 Å². The van der Waals surface area contributed by atoms with Gasteiger partial charge in [0.2, 0.25) is 0 Å². The molecule has 0 fully saturated rings. The van der Waals surface area contributed by atoms with Crippen molar-refractivity contribution >= 4 is 15.9 Å². The first-order valence-corrected chi connectivity index (χ1v) is 8.09. The second kappa shape index (κ2) is 7.61. The molecule has 1 N–H and O–H groups in total. The summed E-state index contributed by atoms with van der Waals surface area (Å²) in [6, 6.07) is 8.28. The van der Waals surface area contributed by atoms with Crippen LogP contribution in [0.2, 0.25) is 0 Å². The Labute approximate surface area is 134 Å². The minimum absolute atomic E-state index is 0.0943. The quantitative estimate of drug-likeness (QED) is 0.825. The van der Waals surface area contributed by atoms with Crippen LogP contribution in [0.15, 0.2) is 34.9 Å². The van der Waals surface area contributed by atoms with Gasteiger partial charge in [0.25, 0.3) is 0 Å². The summed E-state index contributed by atoms with van der Waals surface area (Å²) >= 11 is 3.63. The Balaban J connectivity index is 2.44. The maximum absolute atomic E-state index is 5.35. The van der Waals surface area contributed by atoms with Crippen molar-refractivity contribution in [2.24, 2.45) is 0 Å². The summed E-state index contributed by atoms with van der Waals surface area (Å²) in [4.78, 5) is 0. The Kier molecular flexibility index (Phi) is 5.82.